The maximum absolute atomic E-state index is 4.47. The average molecular weight is 384 g/mol. The van der Waals surface area contributed by atoms with E-state index in [1.54, 1.807) is 11.3 Å². The molecular formula is C20H27N6S+. The molecule has 0 aliphatic carbocycles. The summed E-state index contributed by atoms with van der Waals surface area (Å²) in [5.74, 6) is 0.966. The summed E-state index contributed by atoms with van der Waals surface area (Å²) in [6.07, 6.45) is 0. The second kappa shape index (κ2) is 7.40. The summed E-state index contributed by atoms with van der Waals surface area (Å²) in [7, 11) is 0. The van der Waals surface area contributed by atoms with Crippen LogP contribution in [-0.4, -0.2) is 46.4 Å². The monoisotopic (exact) mass is 383 g/mol. The number of para-hydroxylation sites is 1. The Morgan fingerprint density at radius 3 is 2.41 bits per heavy atom. The Kier molecular flexibility index (Phi) is 4.97. The molecule has 0 saturated carbocycles. The number of anilines is 1. The fourth-order valence-corrected chi connectivity index (χ4v) is 4.68. The smallest absolute Gasteiger partial charge is 0.215 e. The minimum Gasteiger partial charge on any atom is -0.360 e. The molecular weight excluding hydrogens is 356 g/mol. The third-order valence-corrected chi connectivity index (χ3v) is 6.09. The third-order valence-electron chi connectivity index (χ3n) is 5.15. The Bertz CT molecular complexity index is 844. The Hall–Kier alpha value is -2.25. The zero-order valence-electron chi connectivity index (χ0n) is 16.2. The van der Waals surface area contributed by atoms with Gasteiger partial charge in [-0.25, -0.2) is 4.68 Å². The van der Waals surface area contributed by atoms with Crippen LogP contribution < -0.4 is 9.80 Å². The van der Waals surface area contributed by atoms with E-state index in [9.17, 15) is 0 Å². The molecule has 1 N–H and O–H groups in total. The number of nitrogens with one attached hydrogen (secondary N) is 1. The molecule has 6 nitrogen and oxygen atoms in total. The maximum atomic E-state index is 4.47. The van der Waals surface area contributed by atoms with Crippen molar-refractivity contribution in [3.8, 4) is 0 Å². The topological polar surface area (TPSA) is 51.3 Å². The number of piperazine rings is 1. The van der Waals surface area contributed by atoms with Crippen molar-refractivity contribution in [1.82, 2.24) is 20.2 Å². The highest BCUT2D eigenvalue weighted by atomic mass is 32.1. The van der Waals surface area contributed by atoms with E-state index in [0.717, 1.165) is 32.0 Å². The van der Waals surface area contributed by atoms with Crippen LogP contribution in [0, 0.1) is 0 Å². The largest absolute Gasteiger partial charge is 0.360 e. The molecule has 0 amide bonds. The van der Waals surface area contributed by atoms with E-state index in [4.69, 9.17) is 0 Å². The van der Waals surface area contributed by atoms with E-state index in [1.807, 2.05) is 4.68 Å². The van der Waals surface area contributed by atoms with Crippen LogP contribution in [0.2, 0.25) is 0 Å². The highest BCUT2D eigenvalue weighted by Gasteiger charge is 2.36. The van der Waals surface area contributed by atoms with Crippen molar-refractivity contribution < 1.29 is 4.90 Å². The van der Waals surface area contributed by atoms with Crippen LogP contribution in [0.3, 0.4) is 0 Å². The summed E-state index contributed by atoms with van der Waals surface area (Å²) in [4.78, 5) is 5.34. The molecule has 0 radical (unpaired) electrons. The molecule has 1 fully saturated rings. The Morgan fingerprint density at radius 2 is 1.78 bits per heavy atom. The van der Waals surface area contributed by atoms with Crippen molar-refractivity contribution in [2.75, 3.05) is 31.1 Å². The molecule has 4 rings (SSSR count). The molecule has 142 valence electrons. The van der Waals surface area contributed by atoms with Gasteiger partial charge in [-0.15, -0.1) is 16.4 Å². The lowest BCUT2D eigenvalue weighted by Crippen LogP contribution is -3.15. The normalized spacial score (nSPS) is 17.2. The van der Waals surface area contributed by atoms with Crippen LogP contribution in [0.4, 0.5) is 5.69 Å². The molecule has 3 heterocycles. The molecule has 3 aromatic rings. The number of hydrogen-bond acceptors (Lipinski definition) is 5. The maximum Gasteiger partial charge on any atom is 0.215 e. The van der Waals surface area contributed by atoms with Gasteiger partial charge in [-0.05, 0) is 54.8 Å². The highest BCUT2D eigenvalue weighted by molar-refractivity contribution is 7.10. The first-order valence-corrected chi connectivity index (χ1v) is 10.4. The minimum atomic E-state index is -0.139. The predicted octanol–water partition coefficient (Wildman–Crippen LogP) is 1.98. The van der Waals surface area contributed by atoms with Crippen molar-refractivity contribution in [1.29, 1.82) is 0 Å². The number of hydrogen-bond donors (Lipinski definition) is 1. The second-order valence-corrected chi connectivity index (χ2v) is 9.03. The summed E-state index contributed by atoms with van der Waals surface area (Å²) in [5.41, 5.74) is 1.17. The lowest BCUT2D eigenvalue weighted by Gasteiger charge is -2.37. The van der Waals surface area contributed by atoms with Gasteiger partial charge in [-0.1, -0.05) is 24.3 Å². The number of quaternary nitrogens is 1. The van der Waals surface area contributed by atoms with E-state index >= 15 is 0 Å². The van der Waals surface area contributed by atoms with E-state index in [2.05, 4.69) is 89.0 Å². The molecule has 27 heavy (non-hydrogen) atoms. The van der Waals surface area contributed by atoms with Crippen molar-refractivity contribution in [2.45, 2.75) is 32.4 Å². The van der Waals surface area contributed by atoms with Crippen molar-refractivity contribution in [3.05, 3.63) is 58.5 Å². The molecule has 1 aliphatic heterocycles. The van der Waals surface area contributed by atoms with Gasteiger partial charge in [0, 0.05) is 5.69 Å². The number of thiophene rings is 1. The van der Waals surface area contributed by atoms with Gasteiger partial charge in [-0.3, -0.25) is 0 Å². The molecule has 1 atom stereocenters. The van der Waals surface area contributed by atoms with Gasteiger partial charge >= 0.3 is 0 Å². The van der Waals surface area contributed by atoms with Gasteiger partial charge in [0.2, 0.25) is 5.82 Å². The summed E-state index contributed by atoms with van der Waals surface area (Å²) in [5, 5.41) is 14.9. The average Bonchev–Trinajstić information content (AvgIpc) is 3.36. The minimum absolute atomic E-state index is 0.139. The molecule has 1 aliphatic rings. The quantitative estimate of drug-likeness (QED) is 0.749. The molecule has 1 saturated heterocycles. The van der Waals surface area contributed by atoms with Crippen LogP contribution >= 0.6 is 11.3 Å². The van der Waals surface area contributed by atoms with Crippen LogP contribution in [-0.2, 0) is 5.54 Å². The first-order chi connectivity index (χ1) is 13.0. The standard InChI is InChI=1S/C20H26N6S/c1-20(2,3)26-19(21-22-23-26)18(17-10-7-15-27-17)25-13-11-24(12-14-25)16-8-5-4-6-9-16/h4-10,15,18H,11-14H2,1-3H3/p+1/t18-/m0/s1. The summed E-state index contributed by atoms with van der Waals surface area (Å²) < 4.78 is 1.99. The van der Waals surface area contributed by atoms with Gasteiger partial charge in [0.1, 0.15) is 0 Å². The van der Waals surface area contributed by atoms with E-state index in [0.29, 0.717) is 0 Å². The molecule has 7 heteroatoms. The van der Waals surface area contributed by atoms with Crippen molar-refractivity contribution in [2.24, 2.45) is 0 Å². The van der Waals surface area contributed by atoms with E-state index in [1.165, 1.54) is 15.5 Å². The van der Waals surface area contributed by atoms with Crippen molar-refractivity contribution >= 4 is 17.0 Å². The first-order valence-electron chi connectivity index (χ1n) is 9.51. The van der Waals surface area contributed by atoms with Gasteiger partial charge in [0.25, 0.3) is 0 Å². The van der Waals surface area contributed by atoms with E-state index < -0.39 is 0 Å². The Balaban J connectivity index is 1.60. The fraction of sp³-hybridized carbons (Fsp3) is 0.450. The molecule has 2 aromatic heterocycles. The Morgan fingerprint density at radius 1 is 1.04 bits per heavy atom. The first kappa shape index (κ1) is 18.1. The number of tetrazole rings is 1. The fourth-order valence-electron chi connectivity index (χ4n) is 3.80. The van der Waals surface area contributed by atoms with Crippen LogP contribution in [0.1, 0.15) is 37.5 Å². The molecule has 1 aromatic carbocycles. The van der Waals surface area contributed by atoms with Gasteiger partial charge in [-0.2, -0.15) is 0 Å². The lowest BCUT2D eigenvalue weighted by molar-refractivity contribution is -0.926. The number of benzene rings is 1. The molecule has 0 bridgehead atoms. The Labute approximate surface area is 164 Å². The van der Waals surface area contributed by atoms with Gasteiger partial charge < -0.3 is 9.80 Å². The zero-order chi connectivity index (χ0) is 18.9. The third kappa shape index (κ3) is 3.75. The van der Waals surface area contributed by atoms with Crippen LogP contribution in [0.15, 0.2) is 47.8 Å². The van der Waals surface area contributed by atoms with E-state index in [-0.39, 0.29) is 11.6 Å². The number of rotatable bonds is 4. The van der Waals surface area contributed by atoms with Crippen molar-refractivity contribution in [3.63, 3.8) is 0 Å². The number of aromatic nitrogens is 4. The van der Waals surface area contributed by atoms with Gasteiger partial charge in [0.15, 0.2) is 6.04 Å². The second-order valence-electron chi connectivity index (χ2n) is 8.05. The lowest BCUT2D eigenvalue weighted by atomic mass is 10.1. The summed E-state index contributed by atoms with van der Waals surface area (Å²) >= 11 is 1.80. The summed E-state index contributed by atoms with van der Waals surface area (Å²) in [6.45, 7) is 10.7. The van der Waals surface area contributed by atoms with Gasteiger partial charge in [0.05, 0.1) is 36.6 Å². The molecule has 0 spiro atoms. The summed E-state index contributed by atoms with van der Waals surface area (Å²) in [6, 6.07) is 15.2. The molecule has 0 unspecified atom stereocenters. The predicted molar refractivity (Wildman–Crippen MR) is 108 cm³/mol. The number of nitrogens with zero attached hydrogens (tertiary/aromatic N) is 5. The van der Waals surface area contributed by atoms with Crippen LogP contribution in [0.5, 0.6) is 0 Å². The SMILES string of the molecule is CC(C)(C)n1nnnc1[C@H](c1cccs1)[NH+]1CCN(c2ccccc2)CC1. The van der Waals surface area contributed by atoms with Crippen LogP contribution in [0.25, 0.3) is 0 Å². The zero-order valence-corrected chi connectivity index (χ0v) is 17.0. The highest BCUT2D eigenvalue weighted by Crippen LogP contribution is 2.25.